The maximum Gasteiger partial charge on any atom is 0.255 e. The smallest absolute Gasteiger partial charge is 0.255 e. The standard InChI is InChI=1S/C14H9Br2ClFNO/c1-7-4-10(16)12(18)6-13(7)19-14(20)8-2-3-9(15)11(17)5-8/h2-6H,1H3,(H,19,20). The van der Waals surface area contributed by atoms with Gasteiger partial charge in [0.25, 0.3) is 5.91 Å². The maximum absolute atomic E-state index is 13.5. The van der Waals surface area contributed by atoms with E-state index in [1.54, 1.807) is 31.2 Å². The van der Waals surface area contributed by atoms with Crippen molar-refractivity contribution < 1.29 is 9.18 Å². The molecule has 1 amide bonds. The molecular weight excluding hydrogens is 412 g/mol. The molecule has 2 rings (SSSR count). The van der Waals surface area contributed by atoms with E-state index in [1.165, 1.54) is 6.07 Å². The molecule has 0 radical (unpaired) electrons. The number of anilines is 1. The Morgan fingerprint density at radius 3 is 2.55 bits per heavy atom. The van der Waals surface area contributed by atoms with Crippen molar-refractivity contribution in [3.63, 3.8) is 0 Å². The highest BCUT2D eigenvalue weighted by Crippen LogP contribution is 2.26. The average Bonchev–Trinajstić information content (AvgIpc) is 2.39. The highest BCUT2D eigenvalue weighted by atomic mass is 79.9. The predicted molar refractivity (Wildman–Crippen MR) is 85.9 cm³/mol. The molecular formula is C14H9Br2ClFNO. The lowest BCUT2D eigenvalue weighted by atomic mass is 10.1. The molecule has 0 unspecified atom stereocenters. The molecule has 0 saturated heterocycles. The molecule has 0 fully saturated rings. The van der Waals surface area contributed by atoms with Gasteiger partial charge in [0.05, 0.1) is 9.50 Å². The number of carbonyl (C=O) groups is 1. The summed E-state index contributed by atoms with van der Waals surface area (Å²) >= 11 is 12.3. The summed E-state index contributed by atoms with van der Waals surface area (Å²) in [7, 11) is 0. The number of hydrogen-bond donors (Lipinski definition) is 1. The molecule has 0 heterocycles. The van der Waals surface area contributed by atoms with Crippen LogP contribution in [-0.4, -0.2) is 5.91 Å². The minimum atomic E-state index is -0.431. The molecule has 104 valence electrons. The monoisotopic (exact) mass is 419 g/mol. The van der Waals surface area contributed by atoms with E-state index < -0.39 is 5.82 Å². The summed E-state index contributed by atoms with van der Waals surface area (Å²) in [6, 6.07) is 7.75. The van der Waals surface area contributed by atoms with Crippen LogP contribution in [0.2, 0.25) is 5.02 Å². The van der Waals surface area contributed by atoms with Crippen LogP contribution < -0.4 is 5.32 Å². The highest BCUT2D eigenvalue weighted by Gasteiger charge is 2.11. The Morgan fingerprint density at radius 2 is 1.90 bits per heavy atom. The topological polar surface area (TPSA) is 29.1 Å². The van der Waals surface area contributed by atoms with Crippen molar-refractivity contribution in [1.82, 2.24) is 0 Å². The van der Waals surface area contributed by atoms with Gasteiger partial charge in [0.15, 0.2) is 0 Å². The largest absolute Gasteiger partial charge is 0.322 e. The van der Waals surface area contributed by atoms with Crippen molar-refractivity contribution in [3.05, 3.63) is 61.2 Å². The van der Waals surface area contributed by atoms with E-state index in [0.29, 0.717) is 25.2 Å². The molecule has 0 bridgehead atoms. The van der Waals surface area contributed by atoms with Crippen molar-refractivity contribution in [3.8, 4) is 0 Å². The molecule has 0 spiro atoms. The van der Waals surface area contributed by atoms with E-state index >= 15 is 0 Å². The quantitative estimate of drug-likeness (QED) is 0.675. The van der Waals surface area contributed by atoms with Crippen LogP contribution >= 0.6 is 43.5 Å². The van der Waals surface area contributed by atoms with Crippen LogP contribution in [0.5, 0.6) is 0 Å². The van der Waals surface area contributed by atoms with E-state index in [2.05, 4.69) is 37.2 Å². The van der Waals surface area contributed by atoms with Gasteiger partial charge in [0.1, 0.15) is 5.82 Å². The van der Waals surface area contributed by atoms with Gasteiger partial charge in [-0.25, -0.2) is 4.39 Å². The molecule has 6 heteroatoms. The van der Waals surface area contributed by atoms with Gasteiger partial charge >= 0.3 is 0 Å². The molecule has 0 atom stereocenters. The molecule has 0 saturated carbocycles. The second kappa shape index (κ2) is 6.24. The normalized spacial score (nSPS) is 10.4. The summed E-state index contributed by atoms with van der Waals surface area (Å²) in [5, 5.41) is 3.11. The molecule has 2 aromatic carbocycles. The third kappa shape index (κ3) is 3.40. The summed E-state index contributed by atoms with van der Waals surface area (Å²) in [6.07, 6.45) is 0. The van der Waals surface area contributed by atoms with Crippen molar-refractivity contribution in [1.29, 1.82) is 0 Å². The Bertz CT molecular complexity index is 691. The highest BCUT2D eigenvalue weighted by molar-refractivity contribution is 9.10. The summed E-state index contributed by atoms with van der Waals surface area (Å²) in [6.45, 7) is 1.79. The van der Waals surface area contributed by atoms with Crippen LogP contribution in [0.3, 0.4) is 0 Å². The van der Waals surface area contributed by atoms with Crippen LogP contribution in [0.15, 0.2) is 39.3 Å². The number of aryl methyl sites for hydroxylation is 1. The molecule has 1 N–H and O–H groups in total. The molecule has 2 aromatic rings. The van der Waals surface area contributed by atoms with Gasteiger partial charge in [-0.2, -0.15) is 0 Å². The van der Waals surface area contributed by atoms with Crippen LogP contribution in [0.1, 0.15) is 15.9 Å². The minimum Gasteiger partial charge on any atom is -0.322 e. The SMILES string of the molecule is Cc1cc(Br)c(F)cc1NC(=O)c1ccc(Br)c(Cl)c1. The third-order valence-corrected chi connectivity index (χ3v) is 4.54. The fraction of sp³-hybridized carbons (Fsp3) is 0.0714. The van der Waals surface area contributed by atoms with Gasteiger partial charge in [-0.1, -0.05) is 11.6 Å². The number of benzene rings is 2. The Labute approximate surface area is 137 Å². The average molecular weight is 421 g/mol. The van der Waals surface area contributed by atoms with Crippen molar-refractivity contribution >= 4 is 55.1 Å². The third-order valence-electron chi connectivity index (χ3n) is 2.70. The first kappa shape index (κ1) is 15.5. The maximum atomic E-state index is 13.5. The van der Waals surface area contributed by atoms with Crippen LogP contribution in [0.25, 0.3) is 0 Å². The lowest BCUT2D eigenvalue weighted by molar-refractivity contribution is 0.102. The van der Waals surface area contributed by atoms with Crippen LogP contribution in [-0.2, 0) is 0 Å². The second-order valence-corrected chi connectivity index (χ2v) is 6.28. The summed E-state index contributed by atoms with van der Waals surface area (Å²) in [4.78, 5) is 12.1. The van der Waals surface area contributed by atoms with E-state index in [1.807, 2.05) is 0 Å². The lowest BCUT2D eigenvalue weighted by Crippen LogP contribution is -2.13. The summed E-state index contributed by atoms with van der Waals surface area (Å²) in [5.74, 6) is -0.774. The number of halogens is 4. The first-order valence-electron chi connectivity index (χ1n) is 5.60. The van der Waals surface area contributed by atoms with Crippen molar-refractivity contribution in [2.45, 2.75) is 6.92 Å². The Morgan fingerprint density at radius 1 is 1.20 bits per heavy atom. The van der Waals surface area contributed by atoms with Crippen LogP contribution in [0.4, 0.5) is 10.1 Å². The molecule has 0 aliphatic heterocycles. The first-order chi connectivity index (χ1) is 9.38. The van der Waals surface area contributed by atoms with Gasteiger partial charge in [0, 0.05) is 15.7 Å². The summed E-state index contributed by atoms with van der Waals surface area (Å²) in [5.41, 5.74) is 1.59. The van der Waals surface area contributed by atoms with E-state index in [0.717, 1.165) is 5.56 Å². The van der Waals surface area contributed by atoms with Gasteiger partial charge in [0.2, 0.25) is 0 Å². The minimum absolute atomic E-state index is 0.343. The van der Waals surface area contributed by atoms with Crippen LogP contribution in [0, 0.1) is 12.7 Å². The molecule has 0 aliphatic carbocycles. The summed E-state index contributed by atoms with van der Waals surface area (Å²) < 4.78 is 14.6. The number of nitrogens with one attached hydrogen (secondary N) is 1. The zero-order valence-electron chi connectivity index (χ0n) is 10.3. The van der Waals surface area contributed by atoms with Gasteiger partial charge in [-0.3, -0.25) is 4.79 Å². The van der Waals surface area contributed by atoms with Gasteiger partial charge in [-0.15, -0.1) is 0 Å². The van der Waals surface area contributed by atoms with E-state index in [4.69, 9.17) is 11.6 Å². The zero-order valence-corrected chi connectivity index (χ0v) is 14.2. The van der Waals surface area contributed by atoms with Gasteiger partial charge in [-0.05, 0) is 74.7 Å². The number of hydrogen-bond acceptors (Lipinski definition) is 1. The zero-order chi connectivity index (χ0) is 14.9. The van der Waals surface area contributed by atoms with Crippen molar-refractivity contribution in [2.75, 3.05) is 5.32 Å². The fourth-order valence-electron chi connectivity index (χ4n) is 1.61. The molecule has 20 heavy (non-hydrogen) atoms. The number of rotatable bonds is 2. The number of carbonyl (C=O) groups excluding carboxylic acids is 1. The Hall–Kier alpha value is -0.910. The Balaban J connectivity index is 2.27. The molecule has 0 aromatic heterocycles. The fourth-order valence-corrected chi connectivity index (χ4v) is 2.50. The lowest BCUT2D eigenvalue weighted by Gasteiger charge is -2.10. The van der Waals surface area contributed by atoms with Crippen molar-refractivity contribution in [2.24, 2.45) is 0 Å². The van der Waals surface area contributed by atoms with E-state index in [-0.39, 0.29) is 5.91 Å². The van der Waals surface area contributed by atoms with Gasteiger partial charge < -0.3 is 5.32 Å². The molecule has 0 aliphatic rings. The molecule has 2 nitrogen and oxygen atoms in total. The predicted octanol–water partition coefficient (Wildman–Crippen LogP) is 5.56. The first-order valence-corrected chi connectivity index (χ1v) is 7.57. The Kier molecular flexibility index (Phi) is 4.83. The number of amides is 1. The van der Waals surface area contributed by atoms with E-state index in [9.17, 15) is 9.18 Å². The second-order valence-electron chi connectivity index (χ2n) is 4.16.